The number of carbonyl (C=O) groups is 1. The molecule has 3 nitrogen and oxygen atoms in total. The van der Waals surface area contributed by atoms with Crippen LogP contribution < -0.4 is 11.1 Å². The van der Waals surface area contributed by atoms with Crippen molar-refractivity contribution >= 4 is 5.91 Å². The highest BCUT2D eigenvalue weighted by Gasteiger charge is 2.31. The van der Waals surface area contributed by atoms with E-state index in [1.54, 1.807) is 0 Å². The Labute approximate surface area is 123 Å². The van der Waals surface area contributed by atoms with Gasteiger partial charge in [0.1, 0.15) is 11.6 Å². The van der Waals surface area contributed by atoms with E-state index in [2.05, 4.69) is 5.32 Å². The van der Waals surface area contributed by atoms with Crippen LogP contribution in [0, 0.1) is 24.0 Å². The second-order valence-corrected chi connectivity index (χ2v) is 6.03. The molecule has 0 bridgehead atoms. The molecule has 0 heterocycles. The van der Waals surface area contributed by atoms with E-state index in [0.717, 1.165) is 31.7 Å². The molecule has 0 saturated heterocycles. The number of rotatable bonds is 4. The Hall–Kier alpha value is -1.49. The third kappa shape index (κ3) is 3.59. The van der Waals surface area contributed by atoms with Gasteiger partial charge in [0.25, 0.3) is 5.91 Å². The number of halogens is 2. The van der Waals surface area contributed by atoms with Crippen LogP contribution >= 0.6 is 0 Å². The molecule has 2 rings (SSSR count). The van der Waals surface area contributed by atoms with Gasteiger partial charge in [-0.3, -0.25) is 4.79 Å². The molecule has 0 aliphatic heterocycles. The summed E-state index contributed by atoms with van der Waals surface area (Å²) in [6, 6.07) is 2.00. The Morgan fingerprint density at radius 1 is 1.24 bits per heavy atom. The summed E-state index contributed by atoms with van der Waals surface area (Å²) in [6.45, 7) is 2.46. The van der Waals surface area contributed by atoms with E-state index in [9.17, 15) is 13.6 Å². The lowest BCUT2D eigenvalue weighted by Gasteiger charge is -2.36. The summed E-state index contributed by atoms with van der Waals surface area (Å²) in [7, 11) is 0. The molecule has 0 atom stereocenters. The van der Waals surface area contributed by atoms with Crippen LogP contribution in [0.1, 0.15) is 48.0 Å². The third-order valence-corrected chi connectivity index (χ3v) is 4.46. The average molecular weight is 296 g/mol. The number of amides is 1. The highest BCUT2D eigenvalue weighted by Crippen LogP contribution is 2.34. The quantitative estimate of drug-likeness (QED) is 0.897. The van der Waals surface area contributed by atoms with Gasteiger partial charge in [-0.2, -0.15) is 0 Å². The number of hydrogen-bond donors (Lipinski definition) is 2. The maximum absolute atomic E-state index is 13.7. The van der Waals surface area contributed by atoms with Gasteiger partial charge in [0, 0.05) is 12.6 Å². The Morgan fingerprint density at radius 2 is 1.90 bits per heavy atom. The van der Waals surface area contributed by atoms with Gasteiger partial charge in [0.2, 0.25) is 0 Å². The number of hydrogen-bond acceptors (Lipinski definition) is 2. The lowest BCUT2D eigenvalue weighted by atomic mass is 9.74. The molecule has 1 aliphatic carbocycles. The molecule has 1 aromatic rings. The molecule has 116 valence electrons. The van der Waals surface area contributed by atoms with Gasteiger partial charge >= 0.3 is 0 Å². The minimum Gasteiger partial charge on any atom is -0.351 e. The van der Waals surface area contributed by atoms with Crippen molar-refractivity contribution in [2.75, 3.05) is 13.1 Å². The molecule has 1 aromatic carbocycles. The van der Waals surface area contributed by atoms with Gasteiger partial charge in [-0.1, -0.05) is 19.3 Å². The van der Waals surface area contributed by atoms with E-state index in [1.807, 2.05) is 0 Å². The van der Waals surface area contributed by atoms with E-state index in [0.29, 0.717) is 13.1 Å². The van der Waals surface area contributed by atoms with Crippen LogP contribution in [0.25, 0.3) is 0 Å². The van der Waals surface area contributed by atoms with E-state index in [-0.39, 0.29) is 16.5 Å². The van der Waals surface area contributed by atoms with Gasteiger partial charge in [-0.05, 0) is 43.4 Å². The molecule has 0 aromatic heterocycles. The Bertz CT molecular complexity index is 525. The lowest BCUT2D eigenvalue weighted by molar-refractivity contribution is 0.0909. The second-order valence-electron chi connectivity index (χ2n) is 6.03. The molecule has 0 unspecified atom stereocenters. The summed E-state index contributed by atoms with van der Waals surface area (Å²) in [5.74, 6) is -1.98. The normalized spacial score (nSPS) is 17.5. The molecule has 1 aliphatic rings. The standard InChI is InChI=1S/C16H22F2N2O/c1-11-7-12(14(18)8-13(11)17)15(21)20-10-16(9-19)5-3-2-4-6-16/h7-8H,2-6,9-10,19H2,1H3,(H,20,21). The number of aryl methyl sites for hydroxylation is 1. The Kier molecular flexibility index (Phi) is 4.93. The molecule has 0 radical (unpaired) electrons. The maximum atomic E-state index is 13.7. The smallest absolute Gasteiger partial charge is 0.254 e. The summed E-state index contributed by atoms with van der Waals surface area (Å²) in [4.78, 5) is 12.1. The molecule has 1 saturated carbocycles. The topological polar surface area (TPSA) is 55.1 Å². The van der Waals surface area contributed by atoms with Crippen LogP contribution in [0.2, 0.25) is 0 Å². The van der Waals surface area contributed by atoms with Crippen LogP contribution in [0.4, 0.5) is 8.78 Å². The fourth-order valence-electron chi connectivity index (χ4n) is 2.95. The molecule has 1 amide bonds. The minimum atomic E-state index is -0.832. The molecular formula is C16H22F2N2O. The highest BCUT2D eigenvalue weighted by molar-refractivity contribution is 5.94. The first kappa shape index (κ1) is 15.9. The fourth-order valence-corrected chi connectivity index (χ4v) is 2.95. The van der Waals surface area contributed by atoms with Gasteiger partial charge in [-0.25, -0.2) is 8.78 Å². The summed E-state index contributed by atoms with van der Waals surface area (Å²) in [5, 5.41) is 2.77. The van der Waals surface area contributed by atoms with Crippen molar-refractivity contribution in [3.63, 3.8) is 0 Å². The first-order chi connectivity index (χ1) is 9.97. The first-order valence-corrected chi connectivity index (χ1v) is 7.41. The van der Waals surface area contributed by atoms with Crippen molar-refractivity contribution in [2.24, 2.45) is 11.1 Å². The van der Waals surface area contributed by atoms with E-state index < -0.39 is 17.5 Å². The van der Waals surface area contributed by atoms with Gasteiger partial charge in [0.05, 0.1) is 5.56 Å². The monoisotopic (exact) mass is 296 g/mol. The maximum Gasteiger partial charge on any atom is 0.254 e. The van der Waals surface area contributed by atoms with E-state index in [4.69, 9.17) is 5.73 Å². The van der Waals surface area contributed by atoms with Crippen LogP contribution in [0.5, 0.6) is 0 Å². The van der Waals surface area contributed by atoms with Crippen LogP contribution in [-0.2, 0) is 0 Å². The number of carbonyl (C=O) groups excluding carboxylic acids is 1. The summed E-state index contributed by atoms with van der Waals surface area (Å²) in [5.41, 5.74) is 5.92. The molecule has 0 spiro atoms. The lowest BCUT2D eigenvalue weighted by Crippen LogP contribution is -2.43. The molecule has 5 heteroatoms. The van der Waals surface area contributed by atoms with E-state index >= 15 is 0 Å². The van der Waals surface area contributed by atoms with Gasteiger partial charge in [-0.15, -0.1) is 0 Å². The zero-order chi connectivity index (χ0) is 15.5. The second kappa shape index (κ2) is 6.52. The van der Waals surface area contributed by atoms with Crippen LogP contribution in [0.3, 0.4) is 0 Å². The third-order valence-electron chi connectivity index (χ3n) is 4.46. The zero-order valence-electron chi connectivity index (χ0n) is 12.3. The van der Waals surface area contributed by atoms with Gasteiger partial charge < -0.3 is 11.1 Å². The fraction of sp³-hybridized carbons (Fsp3) is 0.562. The van der Waals surface area contributed by atoms with Crippen molar-refractivity contribution < 1.29 is 13.6 Å². The summed E-state index contributed by atoms with van der Waals surface area (Å²) in [6.07, 6.45) is 5.37. The van der Waals surface area contributed by atoms with Crippen molar-refractivity contribution in [1.82, 2.24) is 5.32 Å². The SMILES string of the molecule is Cc1cc(C(=O)NCC2(CN)CCCCC2)c(F)cc1F. The van der Waals surface area contributed by atoms with Gasteiger partial charge in [0.15, 0.2) is 0 Å². The van der Waals surface area contributed by atoms with Crippen molar-refractivity contribution in [3.8, 4) is 0 Å². The van der Waals surface area contributed by atoms with Crippen molar-refractivity contribution in [1.29, 1.82) is 0 Å². The minimum absolute atomic E-state index is 0.0839. The molecule has 1 fully saturated rings. The Morgan fingerprint density at radius 3 is 2.52 bits per heavy atom. The average Bonchev–Trinajstić information content (AvgIpc) is 2.49. The Balaban J connectivity index is 2.06. The van der Waals surface area contributed by atoms with Crippen molar-refractivity contribution in [2.45, 2.75) is 39.0 Å². The molecule has 21 heavy (non-hydrogen) atoms. The predicted octanol–water partition coefficient (Wildman–Crippen LogP) is 2.91. The van der Waals surface area contributed by atoms with Crippen molar-refractivity contribution in [3.05, 3.63) is 34.9 Å². The number of nitrogens with one attached hydrogen (secondary N) is 1. The van der Waals surface area contributed by atoms with Crippen LogP contribution in [0.15, 0.2) is 12.1 Å². The highest BCUT2D eigenvalue weighted by atomic mass is 19.1. The largest absolute Gasteiger partial charge is 0.351 e. The molecular weight excluding hydrogens is 274 g/mol. The summed E-state index contributed by atoms with van der Waals surface area (Å²) < 4.78 is 26.9. The number of nitrogens with two attached hydrogens (primary N) is 1. The number of benzene rings is 1. The van der Waals surface area contributed by atoms with Crippen LogP contribution in [-0.4, -0.2) is 19.0 Å². The molecule has 3 N–H and O–H groups in total. The summed E-state index contributed by atoms with van der Waals surface area (Å²) >= 11 is 0. The van der Waals surface area contributed by atoms with E-state index in [1.165, 1.54) is 19.4 Å². The first-order valence-electron chi connectivity index (χ1n) is 7.41. The predicted molar refractivity (Wildman–Crippen MR) is 78.0 cm³/mol. The zero-order valence-corrected chi connectivity index (χ0v) is 12.3.